The summed E-state index contributed by atoms with van der Waals surface area (Å²) in [6.45, 7) is 6.02. The number of hydrogen-bond donors (Lipinski definition) is 2. The second-order valence-corrected chi connectivity index (χ2v) is 8.37. The number of rotatable bonds is 4. The van der Waals surface area contributed by atoms with Crippen LogP contribution in [0.25, 0.3) is 5.69 Å². The number of thiophene rings is 1. The molecule has 0 atom stereocenters. The number of methoxy groups -OCH3 is 1. The Kier molecular flexibility index (Phi) is 5.69. The van der Waals surface area contributed by atoms with Gasteiger partial charge in [0.1, 0.15) is 16.5 Å². The SMILES string of the molecule is COC(=O)c1ccc(NC(=O)Nc2cc(C(C)(C)C)nn2-c2ccc(F)cc2)s1. The Labute approximate surface area is 171 Å². The van der Waals surface area contributed by atoms with Crippen LogP contribution < -0.4 is 10.6 Å². The summed E-state index contributed by atoms with van der Waals surface area (Å²) in [6.07, 6.45) is 0. The van der Waals surface area contributed by atoms with Gasteiger partial charge in [0.15, 0.2) is 0 Å². The molecule has 0 fully saturated rings. The van der Waals surface area contributed by atoms with Crippen LogP contribution in [-0.2, 0) is 10.2 Å². The highest BCUT2D eigenvalue weighted by Gasteiger charge is 2.22. The molecule has 3 rings (SSSR count). The van der Waals surface area contributed by atoms with E-state index in [1.807, 2.05) is 20.8 Å². The fourth-order valence-electron chi connectivity index (χ4n) is 2.49. The van der Waals surface area contributed by atoms with Gasteiger partial charge in [-0.05, 0) is 36.4 Å². The molecule has 1 aromatic carbocycles. The van der Waals surface area contributed by atoms with Crippen LogP contribution in [0.15, 0.2) is 42.5 Å². The molecule has 2 amide bonds. The number of aromatic nitrogens is 2. The molecule has 2 aromatic heterocycles. The van der Waals surface area contributed by atoms with Gasteiger partial charge < -0.3 is 4.74 Å². The van der Waals surface area contributed by atoms with Crippen molar-refractivity contribution in [2.75, 3.05) is 17.7 Å². The number of carbonyl (C=O) groups excluding carboxylic acids is 2. The van der Waals surface area contributed by atoms with E-state index in [4.69, 9.17) is 0 Å². The number of nitrogens with one attached hydrogen (secondary N) is 2. The Bertz CT molecular complexity index is 1030. The van der Waals surface area contributed by atoms with E-state index in [-0.39, 0.29) is 11.2 Å². The molecule has 3 aromatic rings. The molecule has 0 saturated heterocycles. The monoisotopic (exact) mass is 416 g/mol. The van der Waals surface area contributed by atoms with Crippen molar-refractivity contribution in [2.24, 2.45) is 0 Å². The summed E-state index contributed by atoms with van der Waals surface area (Å²) in [5, 5.41) is 10.5. The number of carbonyl (C=O) groups is 2. The summed E-state index contributed by atoms with van der Waals surface area (Å²) in [5.41, 5.74) is 1.13. The lowest BCUT2D eigenvalue weighted by Crippen LogP contribution is -2.20. The maximum atomic E-state index is 13.3. The van der Waals surface area contributed by atoms with Crippen molar-refractivity contribution in [2.45, 2.75) is 26.2 Å². The lowest BCUT2D eigenvalue weighted by atomic mass is 9.92. The van der Waals surface area contributed by atoms with Gasteiger partial charge in [-0.2, -0.15) is 5.10 Å². The van der Waals surface area contributed by atoms with E-state index in [0.29, 0.717) is 21.4 Å². The van der Waals surface area contributed by atoms with Crippen LogP contribution in [0.5, 0.6) is 0 Å². The Morgan fingerprint density at radius 1 is 1.10 bits per heavy atom. The van der Waals surface area contributed by atoms with E-state index in [9.17, 15) is 14.0 Å². The van der Waals surface area contributed by atoms with E-state index >= 15 is 0 Å². The number of urea groups is 1. The zero-order chi connectivity index (χ0) is 21.2. The van der Waals surface area contributed by atoms with Crippen molar-refractivity contribution in [1.82, 2.24) is 9.78 Å². The molecule has 2 heterocycles. The van der Waals surface area contributed by atoms with Crippen molar-refractivity contribution < 1.29 is 18.7 Å². The number of halogens is 1. The maximum Gasteiger partial charge on any atom is 0.348 e. The fraction of sp³-hybridized carbons (Fsp3) is 0.250. The Hall–Kier alpha value is -3.20. The van der Waals surface area contributed by atoms with Crippen LogP contribution in [-0.4, -0.2) is 28.9 Å². The third-order valence-corrected chi connectivity index (χ3v) is 5.00. The zero-order valence-corrected chi connectivity index (χ0v) is 17.3. The van der Waals surface area contributed by atoms with Crippen LogP contribution >= 0.6 is 11.3 Å². The highest BCUT2D eigenvalue weighted by molar-refractivity contribution is 7.18. The molecule has 0 aliphatic heterocycles. The molecular formula is C20H21FN4O3S. The summed E-state index contributed by atoms with van der Waals surface area (Å²) in [5.74, 6) is -0.389. The summed E-state index contributed by atoms with van der Waals surface area (Å²) in [7, 11) is 1.30. The van der Waals surface area contributed by atoms with Gasteiger partial charge in [0.2, 0.25) is 0 Å². The number of amides is 2. The van der Waals surface area contributed by atoms with Gasteiger partial charge in [-0.25, -0.2) is 18.7 Å². The molecule has 0 spiro atoms. The zero-order valence-electron chi connectivity index (χ0n) is 16.4. The van der Waals surface area contributed by atoms with E-state index in [1.54, 1.807) is 35.0 Å². The fourth-order valence-corrected chi connectivity index (χ4v) is 3.31. The van der Waals surface area contributed by atoms with Crippen molar-refractivity contribution >= 4 is 34.2 Å². The molecule has 0 saturated carbocycles. The Morgan fingerprint density at radius 2 is 1.79 bits per heavy atom. The molecule has 0 aliphatic rings. The third-order valence-electron chi connectivity index (χ3n) is 4.02. The predicted octanol–water partition coefficient (Wildman–Crippen LogP) is 4.80. The number of ether oxygens (including phenoxy) is 1. The molecule has 0 bridgehead atoms. The minimum Gasteiger partial charge on any atom is -0.465 e. The molecule has 29 heavy (non-hydrogen) atoms. The van der Waals surface area contributed by atoms with Crippen LogP contribution in [0.4, 0.5) is 20.0 Å². The van der Waals surface area contributed by atoms with E-state index in [1.165, 1.54) is 19.2 Å². The third kappa shape index (κ3) is 4.80. The van der Waals surface area contributed by atoms with Gasteiger partial charge in [-0.15, -0.1) is 11.3 Å². The predicted molar refractivity (Wildman–Crippen MR) is 111 cm³/mol. The standard InChI is InChI=1S/C20H21FN4O3S/c1-20(2,3)15-11-16(25(24-15)13-7-5-12(21)6-8-13)22-19(27)23-17-10-9-14(29-17)18(26)28-4/h5-11H,1-4H3,(H2,22,23,27). The normalized spacial score (nSPS) is 11.2. The van der Waals surface area contributed by atoms with E-state index in [0.717, 1.165) is 17.0 Å². The topological polar surface area (TPSA) is 85.2 Å². The molecule has 0 radical (unpaired) electrons. The lowest BCUT2D eigenvalue weighted by molar-refractivity contribution is 0.0606. The second kappa shape index (κ2) is 8.04. The molecule has 0 unspecified atom stereocenters. The summed E-state index contributed by atoms with van der Waals surface area (Å²) in [4.78, 5) is 24.4. The van der Waals surface area contributed by atoms with Gasteiger partial charge in [-0.3, -0.25) is 10.6 Å². The van der Waals surface area contributed by atoms with Gasteiger partial charge in [0.25, 0.3) is 0 Å². The van der Waals surface area contributed by atoms with Crippen molar-refractivity contribution in [3.05, 3.63) is 58.9 Å². The highest BCUT2D eigenvalue weighted by Crippen LogP contribution is 2.27. The largest absolute Gasteiger partial charge is 0.465 e. The minimum absolute atomic E-state index is 0.249. The first-order valence-electron chi connectivity index (χ1n) is 8.80. The smallest absolute Gasteiger partial charge is 0.348 e. The average Bonchev–Trinajstić information content (AvgIpc) is 3.29. The second-order valence-electron chi connectivity index (χ2n) is 7.29. The maximum absolute atomic E-state index is 13.3. The Morgan fingerprint density at radius 3 is 2.41 bits per heavy atom. The lowest BCUT2D eigenvalue weighted by Gasteiger charge is -2.14. The number of benzene rings is 1. The Balaban J connectivity index is 1.84. The first kappa shape index (κ1) is 20.5. The quantitative estimate of drug-likeness (QED) is 0.598. The van der Waals surface area contributed by atoms with Crippen molar-refractivity contribution in [3.63, 3.8) is 0 Å². The van der Waals surface area contributed by atoms with Crippen molar-refractivity contribution in [3.8, 4) is 5.69 Å². The van der Waals surface area contributed by atoms with Crippen LogP contribution in [0.3, 0.4) is 0 Å². The number of nitrogens with zero attached hydrogens (tertiary/aromatic N) is 2. The summed E-state index contributed by atoms with van der Waals surface area (Å²) >= 11 is 1.11. The first-order chi connectivity index (χ1) is 13.7. The van der Waals surface area contributed by atoms with Crippen molar-refractivity contribution in [1.29, 1.82) is 0 Å². The average molecular weight is 416 g/mol. The summed E-state index contributed by atoms with van der Waals surface area (Å²) < 4.78 is 19.5. The van der Waals surface area contributed by atoms with E-state index in [2.05, 4.69) is 20.5 Å². The molecule has 9 heteroatoms. The first-order valence-corrected chi connectivity index (χ1v) is 9.61. The minimum atomic E-state index is -0.494. The van der Waals surface area contributed by atoms with Crippen LogP contribution in [0.2, 0.25) is 0 Å². The summed E-state index contributed by atoms with van der Waals surface area (Å²) in [6, 6.07) is 10.3. The molecular weight excluding hydrogens is 395 g/mol. The number of hydrogen-bond acceptors (Lipinski definition) is 5. The molecule has 7 nitrogen and oxygen atoms in total. The van der Waals surface area contributed by atoms with Gasteiger partial charge >= 0.3 is 12.0 Å². The van der Waals surface area contributed by atoms with E-state index < -0.39 is 12.0 Å². The van der Waals surface area contributed by atoms with Crippen LogP contribution in [0.1, 0.15) is 36.1 Å². The molecule has 152 valence electrons. The van der Waals surface area contributed by atoms with Gasteiger partial charge in [-0.1, -0.05) is 20.8 Å². The van der Waals surface area contributed by atoms with Gasteiger partial charge in [0, 0.05) is 11.5 Å². The van der Waals surface area contributed by atoms with Crippen LogP contribution in [0, 0.1) is 5.82 Å². The highest BCUT2D eigenvalue weighted by atomic mass is 32.1. The van der Waals surface area contributed by atoms with Gasteiger partial charge in [0.05, 0.1) is 23.5 Å². The number of esters is 1. The molecule has 0 aliphatic carbocycles. The number of anilines is 2. The molecule has 2 N–H and O–H groups in total.